The van der Waals surface area contributed by atoms with Gasteiger partial charge in [-0.05, 0) is 40.4 Å². The van der Waals surface area contributed by atoms with E-state index in [1.807, 2.05) is 30.3 Å². The maximum atomic E-state index is 9.74. The van der Waals surface area contributed by atoms with Crippen molar-refractivity contribution in [1.29, 1.82) is 0 Å². The minimum absolute atomic E-state index is 0.0978. The van der Waals surface area contributed by atoms with Crippen LogP contribution >= 0.6 is 0 Å². The molecule has 33 heavy (non-hydrogen) atoms. The lowest BCUT2D eigenvalue weighted by Gasteiger charge is -2.22. The summed E-state index contributed by atoms with van der Waals surface area (Å²) in [7, 11) is -1.53. The fourth-order valence-electron chi connectivity index (χ4n) is 5.22. The Labute approximate surface area is 192 Å². The first-order valence-electron chi connectivity index (χ1n) is 11.1. The fraction of sp³-hybridized carbons (Fsp3) is 0.107. The van der Waals surface area contributed by atoms with E-state index >= 15 is 0 Å². The zero-order valence-corrected chi connectivity index (χ0v) is 18.5. The highest BCUT2D eigenvalue weighted by molar-refractivity contribution is 6.58. The van der Waals surface area contributed by atoms with E-state index in [-0.39, 0.29) is 5.41 Å². The summed E-state index contributed by atoms with van der Waals surface area (Å²) in [6.07, 6.45) is 0. The molecule has 4 nitrogen and oxygen atoms in total. The van der Waals surface area contributed by atoms with E-state index in [1.165, 1.54) is 22.3 Å². The third-order valence-corrected chi connectivity index (χ3v) is 6.83. The van der Waals surface area contributed by atoms with Gasteiger partial charge in [0.25, 0.3) is 0 Å². The zero-order chi connectivity index (χ0) is 22.7. The summed E-state index contributed by atoms with van der Waals surface area (Å²) in [4.78, 5) is 4.98. The molecule has 160 valence electrons. The topological polar surface area (TPSA) is 58.3 Å². The molecule has 2 N–H and O–H groups in total. The van der Waals surface area contributed by atoms with Gasteiger partial charge in [0.05, 0.1) is 16.7 Å². The number of nitrogens with zero attached hydrogens (tertiary/aromatic N) is 2. The number of hydrogen-bond acceptors (Lipinski definition) is 3. The van der Waals surface area contributed by atoms with Crippen LogP contribution in [-0.2, 0) is 5.41 Å². The second-order valence-electron chi connectivity index (χ2n) is 9.13. The maximum absolute atomic E-state index is 9.74. The number of imidazole rings is 1. The van der Waals surface area contributed by atoms with Gasteiger partial charge < -0.3 is 10.0 Å². The first-order valence-corrected chi connectivity index (χ1v) is 11.1. The number of aromatic nitrogens is 2. The molecule has 0 atom stereocenters. The average molecular weight is 430 g/mol. The molecule has 0 bridgehead atoms. The minimum Gasteiger partial charge on any atom is -0.423 e. The van der Waals surface area contributed by atoms with Crippen molar-refractivity contribution in [2.45, 2.75) is 19.3 Å². The van der Waals surface area contributed by atoms with Gasteiger partial charge >= 0.3 is 7.12 Å². The van der Waals surface area contributed by atoms with Crippen LogP contribution < -0.4 is 5.46 Å². The van der Waals surface area contributed by atoms with Gasteiger partial charge in [0.1, 0.15) is 5.82 Å². The van der Waals surface area contributed by atoms with Crippen molar-refractivity contribution in [3.05, 3.63) is 102 Å². The fourth-order valence-corrected chi connectivity index (χ4v) is 5.22. The van der Waals surface area contributed by atoms with Gasteiger partial charge in [0, 0.05) is 16.5 Å². The molecule has 0 saturated carbocycles. The third-order valence-electron chi connectivity index (χ3n) is 6.83. The summed E-state index contributed by atoms with van der Waals surface area (Å²) in [5, 5.41) is 19.5. The highest BCUT2D eigenvalue weighted by Crippen LogP contribution is 2.51. The molecule has 0 aliphatic heterocycles. The quantitative estimate of drug-likeness (QED) is 0.409. The SMILES string of the molecule is CC1(C)c2ccccc2-c2c(-n3c(-c4cccc(B(O)O)c4)nc4ccccc43)cccc21. The Morgan fingerprint density at radius 1 is 0.788 bits per heavy atom. The van der Waals surface area contributed by atoms with Gasteiger partial charge in [-0.3, -0.25) is 4.57 Å². The first kappa shape index (κ1) is 20.0. The van der Waals surface area contributed by atoms with Gasteiger partial charge in [-0.2, -0.15) is 0 Å². The van der Waals surface area contributed by atoms with Crippen molar-refractivity contribution in [2.75, 3.05) is 0 Å². The lowest BCUT2D eigenvalue weighted by molar-refractivity contribution is 0.426. The Morgan fingerprint density at radius 2 is 1.52 bits per heavy atom. The van der Waals surface area contributed by atoms with Crippen molar-refractivity contribution in [3.63, 3.8) is 0 Å². The monoisotopic (exact) mass is 430 g/mol. The molecule has 1 aliphatic carbocycles. The first-order chi connectivity index (χ1) is 16.0. The highest BCUT2D eigenvalue weighted by Gasteiger charge is 2.37. The van der Waals surface area contributed by atoms with E-state index in [1.54, 1.807) is 12.1 Å². The number of benzene rings is 4. The second kappa shape index (κ2) is 7.17. The van der Waals surface area contributed by atoms with Crippen molar-refractivity contribution >= 4 is 23.6 Å². The molecule has 0 amide bonds. The van der Waals surface area contributed by atoms with Crippen LogP contribution in [0.5, 0.6) is 0 Å². The molecular weight excluding hydrogens is 407 g/mol. The third kappa shape index (κ3) is 2.90. The van der Waals surface area contributed by atoms with Gasteiger partial charge in [-0.15, -0.1) is 0 Å². The Balaban J connectivity index is 1.70. The predicted octanol–water partition coefficient (Wildman–Crippen LogP) is 4.68. The summed E-state index contributed by atoms with van der Waals surface area (Å²) in [5.41, 5.74) is 9.24. The van der Waals surface area contributed by atoms with E-state index in [9.17, 15) is 10.0 Å². The van der Waals surface area contributed by atoms with Crippen LogP contribution in [0.2, 0.25) is 0 Å². The largest absolute Gasteiger partial charge is 0.488 e. The lowest BCUT2D eigenvalue weighted by Crippen LogP contribution is -2.29. The summed E-state index contributed by atoms with van der Waals surface area (Å²) in [6.45, 7) is 4.56. The maximum Gasteiger partial charge on any atom is 0.488 e. The molecular formula is C28H23BN2O2. The Kier molecular flexibility index (Phi) is 4.34. The molecule has 6 rings (SSSR count). The molecule has 0 radical (unpaired) electrons. The average Bonchev–Trinajstić information content (AvgIpc) is 3.33. The van der Waals surface area contributed by atoms with Crippen LogP contribution in [-0.4, -0.2) is 26.7 Å². The molecule has 4 aromatic carbocycles. The Hall–Kier alpha value is -3.67. The summed E-state index contributed by atoms with van der Waals surface area (Å²) >= 11 is 0. The predicted molar refractivity (Wildman–Crippen MR) is 134 cm³/mol. The van der Waals surface area contributed by atoms with Gasteiger partial charge in [-0.25, -0.2) is 4.98 Å². The Bertz CT molecular complexity index is 1530. The molecule has 0 saturated heterocycles. The normalized spacial score (nSPS) is 13.7. The second-order valence-corrected chi connectivity index (χ2v) is 9.13. The van der Waals surface area contributed by atoms with Crippen LogP contribution in [0.1, 0.15) is 25.0 Å². The van der Waals surface area contributed by atoms with Crippen LogP contribution in [0, 0.1) is 0 Å². The highest BCUT2D eigenvalue weighted by atomic mass is 16.4. The molecule has 0 fully saturated rings. The summed E-state index contributed by atoms with van der Waals surface area (Å²) < 4.78 is 2.20. The van der Waals surface area contributed by atoms with Crippen LogP contribution in [0.3, 0.4) is 0 Å². The Morgan fingerprint density at radius 3 is 2.36 bits per heavy atom. The van der Waals surface area contributed by atoms with Crippen molar-refractivity contribution in [1.82, 2.24) is 9.55 Å². The van der Waals surface area contributed by atoms with Gasteiger partial charge in [0.2, 0.25) is 0 Å². The van der Waals surface area contributed by atoms with Crippen LogP contribution in [0.25, 0.3) is 39.2 Å². The van der Waals surface area contributed by atoms with E-state index in [4.69, 9.17) is 4.98 Å². The van der Waals surface area contributed by atoms with Crippen LogP contribution in [0.4, 0.5) is 0 Å². The van der Waals surface area contributed by atoms with E-state index in [0.29, 0.717) is 5.46 Å². The van der Waals surface area contributed by atoms with Crippen molar-refractivity contribution in [2.24, 2.45) is 0 Å². The van der Waals surface area contributed by atoms with Gasteiger partial charge in [0.15, 0.2) is 0 Å². The van der Waals surface area contributed by atoms with Crippen molar-refractivity contribution in [3.8, 4) is 28.2 Å². The summed E-state index contributed by atoms with van der Waals surface area (Å²) in [6, 6.07) is 30.5. The number of rotatable bonds is 3. The molecule has 0 spiro atoms. The molecule has 1 heterocycles. The molecule has 5 heteroatoms. The number of hydrogen-bond donors (Lipinski definition) is 2. The van der Waals surface area contributed by atoms with E-state index in [0.717, 1.165) is 28.1 Å². The lowest BCUT2D eigenvalue weighted by atomic mass is 9.79. The molecule has 5 aromatic rings. The standard InChI is InChI=1S/C28H23BN2O2/c1-28(2)21-12-4-3-11-20(21)26-22(28)13-8-16-25(26)31-24-15-6-5-14-23(24)30-27(31)18-9-7-10-19(17-18)29(32)33/h3-17,32-33H,1-2H3. The molecule has 1 aliphatic rings. The smallest absolute Gasteiger partial charge is 0.423 e. The zero-order valence-electron chi connectivity index (χ0n) is 18.5. The molecule has 0 unspecified atom stereocenters. The number of para-hydroxylation sites is 2. The number of fused-ring (bicyclic) bond motifs is 4. The van der Waals surface area contributed by atoms with Crippen molar-refractivity contribution < 1.29 is 10.0 Å². The summed E-state index contributed by atoms with van der Waals surface area (Å²) in [5.74, 6) is 0.772. The van der Waals surface area contributed by atoms with E-state index < -0.39 is 7.12 Å². The van der Waals surface area contributed by atoms with E-state index in [2.05, 4.69) is 66.9 Å². The van der Waals surface area contributed by atoms with Gasteiger partial charge in [-0.1, -0.05) is 86.6 Å². The minimum atomic E-state index is -1.53. The van der Waals surface area contributed by atoms with Crippen LogP contribution in [0.15, 0.2) is 91.0 Å². The molecule has 1 aromatic heterocycles.